The molecule has 1 aromatic rings. The highest BCUT2D eigenvalue weighted by Crippen LogP contribution is 2.38. The number of amides is 2. The van der Waals surface area contributed by atoms with Crippen LogP contribution in [0.25, 0.3) is 0 Å². The lowest BCUT2D eigenvalue weighted by Gasteiger charge is -2.34. The molecule has 0 spiro atoms. The maximum atomic E-state index is 13.2. The van der Waals surface area contributed by atoms with E-state index in [2.05, 4.69) is 5.32 Å². The Balaban J connectivity index is 2.23. The molecule has 1 aliphatic heterocycles. The van der Waals surface area contributed by atoms with Crippen LogP contribution in [0.3, 0.4) is 0 Å². The molecule has 0 aromatic heterocycles. The highest BCUT2D eigenvalue weighted by atomic mass is 19.4. The van der Waals surface area contributed by atoms with E-state index in [1.54, 1.807) is 6.92 Å². The van der Waals surface area contributed by atoms with Gasteiger partial charge in [-0.15, -0.1) is 0 Å². The van der Waals surface area contributed by atoms with E-state index >= 15 is 0 Å². The van der Waals surface area contributed by atoms with Crippen molar-refractivity contribution in [3.05, 3.63) is 29.3 Å². The fourth-order valence-corrected chi connectivity index (χ4v) is 3.54. The van der Waals surface area contributed by atoms with Crippen LogP contribution >= 0.6 is 0 Å². The van der Waals surface area contributed by atoms with Crippen molar-refractivity contribution in [1.82, 2.24) is 4.90 Å². The Bertz CT molecular complexity index is 725. The number of alkyl halides is 3. The van der Waals surface area contributed by atoms with Gasteiger partial charge in [-0.25, -0.2) is 0 Å². The van der Waals surface area contributed by atoms with Crippen molar-refractivity contribution in [3.63, 3.8) is 0 Å². The van der Waals surface area contributed by atoms with Crippen LogP contribution in [-0.4, -0.2) is 29.8 Å². The number of nitrogens with one attached hydrogen (secondary N) is 1. The van der Waals surface area contributed by atoms with Crippen LogP contribution in [0.4, 0.5) is 18.9 Å². The molecule has 2 amide bonds. The van der Waals surface area contributed by atoms with Crippen molar-refractivity contribution >= 4 is 17.5 Å². The number of carbonyl (C=O) groups is 2. The molecule has 0 aliphatic carbocycles. The highest BCUT2D eigenvalue weighted by molar-refractivity contribution is 5.93. The van der Waals surface area contributed by atoms with Crippen LogP contribution in [0.2, 0.25) is 0 Å². The molecule has 0 radical (unpaired) electrons. The van der Waals surface area contributed by atoms with Gasteiger partial charge in [0.1, 0.15) is 0 Å². The van der Waals surface area contributed by atoms with E-state index < -0.39 is 11.7 Å². The van der Waals surface area contributed by atoms with Gasteiger partial charge in [-0.2, -0.15) is 13.2 Å². The molecule has 2 atom stereocenters. The van der Waals surface area contributed by atoms with Gasteiger partial charge in [-0.3, -0.25) is 9.59 Å². The number of hydrogen-bond donors (Lipinski definition) is 1. The lowest BCUT2D eigenvalue weighted by atomic mass is 9.87. The van der Waals surface area contributed by atoms with Crippen molar-refractivity contribution in [1.29, 1.82) is 0 Å². The van der Waals surface area contributed by atoms with Gasteiger partial charge in [0, 0.05) is 30.6 Å². The van der Waals surface area contributed by atoms with Crippen LogP contribution in [0.5, 0.6) is 0 Å². The van der Waals surface area contributed by atoms with E-state index in [-0.39, 0.29) is 35.3 Å². The minimum atomic E-state index is -4.47. The van der Waals surface area contributed by atoms with Crippen molar-refractivity contribution in [2.75, 3.05) is 18.4 Å². The third-order valence-corrected chi connectivity index (χ3v) is 5.98. The number of piperidine rings is 1. The summed E-state index contributed by atoms with van der Waals surface area (Å²) in [6.07, 6.45) is -1.75. The molecular weight excluding hydrogens is 381 g/mol. The molecule has 0 bridgehead atoms. The number of benzene rings is 1. The van der Waals surface area contributed by atoms with Gasteiger partial charge in [-0.05, 0) is 49.3 Å². The SMILES string of the molecule is CC[C@@H](C)C(=O)Nc1cc(C(F)(F)F)ccc1C1CCN(C(=O)[C@@H](C)CC)CC1. The highest BCUT2D eigenvalue weighted by Gasteiger charge is 2.33. The Morgan fingerprint density at radius 1 is 1.10 bits per heavy atom. The predicted molar refractivity (Wildman–Crippen MR) is 108 cm³/mol. The molecular formula is C22H31F3N2O2. The van der Waals surface area contributed by atoms with E-state index in [9.17, 15) is 22.8 Å². The first-order chi connectivity index (χ1) is 13.6. The average Bonchev–Trinajstić information content (AvgIpc) is 2.71. The van der Waals surface area contributed by atoms with Crippen LogP contribution in [-0.2, 0) is 15.8 Å². The van der Waals surface area contributed by atoms with E-state index in [1.807, 2.05) is 25.7 Å². The summed E-state index contributed by atoms with van der Waals surface area (Å²) in [6.45, 7) is 8.65. The normalized spacial score (nSPS) is 17.7. The first-order valence-corrected chi connectivity index (χ1v) is 10.4. The van der Waals surface area contributed by atoms with Crippen LogP contribution in [0.15, 0.2) is 18.2 Å². The molecule has 1 aliphatic rings. The first kappa shape index (κ1) is 23.2. The summed E-state index contributed by atoms with van der Waals surface area (Å²) < 4.78 is 39.6. The van der Waals surface area contributed by atoms with E-state index in [1.165, 1.54) is 6.07 Å². The van der Waals surface area contributed by atoms with E-state index in [4.69, 9.17) is 0 Å². The van der Waals surface area contributed by atoms with Crippen molar-refractivity contribution in [2.24, 2.45) is 11.8 Å². The summed E-state index contributed by atoms with van der Waals surface area (Å²) in [7, 11) is 0. The van der Waals surface area contributed by atoms with E-state index in [0.29, 0.717) is 37.9 Å². The zero-order chi connectivity index (χ0) is 21.8. The zero-order valence-corrected chi connectivity index (χ0v) is 17.6. The summed E-state index contributed by atoms with van der Waals surface area (Å²) in [5.74, 6) is -0.456. The van der Waals surface area contributed by atoms with Crippen molar-refractivity contribution < 1.29 is 22.8 Å². The quantitative estimate of drug-likeness (QED) is 0.676. The molecule has 29 heavy (non-hydrogen) atoms. The van der Waals surface area contributed by atoms with E-state index in [0.717, 1.165) is 18.6 Å². The van der Waals surface area contributed by atoms with Crippen LogP contribution in [0, 0.1) is 11.8 Å². The number of hydrogen-bond acceptors (Lipinski definition) is 2. The first-order valence-electron chi connectivity index (χ1n) is 10.4. The topological polar surface area (TPSA) is 49.4 Å². The number of carbonyl (C=O) groups excluding carboxylic acids is 2. The molecule has 1 N–H and O–H groups in total. The Hall–Kier alpha value is -2.05. The fourth-order valence-electron chi connectivity index (χ4n) is 3.54. The molecule has 2 rings (SSSR count). The Kier molecular flexibility index (Phi) is 7.72. The maximum Gasteiger partial charge on any atom is 0.416 e. The molecule has 1 heterocycles. The molecule has 1 saturated heterocycles. The largest absolute Gasteiger partial charge is 0.416 e. The number of likely N-dealkylation sites (tertiary alicyclic amines) is 1. The zero-order valence-electron chi connectivity index (χ0n) is 17.6. The number of halogens is 3. The van der Waals surface area contributed by atoms with Gasteiger partial charge in [0.15, 0.2) is 0 Å². The fraction of sp³-hybridized carbons (Fsp3) is 0.636. The molecule has 0 saturated carbocycles. The minimum absolute atomic E-state index is 0.00509. The monoisotopic (exact) mass is 412 g/mol. The maximum absolute atomic E-state index is 13.2. The summed E-state index contributed by atoms with van der Waals surface area (Å²) in [5.41, 5.74) is 0.173. The molecule has 1 fully saturated rings. The second-order valence-corrected chi connectivity index (χ2v) is 8.01. The Morgan fingerprint density at radius 2 is 1.69 bits per heavy atom. The minimum Gasteiger partial charge on any atom is -0.342 e. The summed E-state index contributed by atoms with van der Waals surface area (Å²) in [5, 5.41) is 2.71. The lowest BCUT2D eigenvalue weighted by Crippen LogP contribution is -2.40. The van der Waals surface area contributed by atoms with Crippen molar-refractivity contribution in [3.8, 4) is 0 Å². The predicted octanol–water partition coefficient (Wildman–Crippen LogP) is 5.44. The van der Waals surface area contributed by atoms with Gasteiger partial charge in [0.2, 0.25) is 11.8 Å². The van der Waals surface area contributed by atoms with Gasteiger partial charge in [0.05, 0.1) is 5.56 Å². The Labute approximate surface area is 170 Å². The number of rotatable bonds is 6. The van der Waals surface area contributed by atoms with Crippen molar-refractivity contribution in [2.45, 2.75) is 65.5 Å². The number of anilines is 1. The van der Waals surface area contributed by atoms with Gasteiger partial charge >= 0.3 is 6.18 Å². The second-order valence-electron chi connectivity index (χ2n) is 8.01. The summed E-state index contributed by atoms with van der Waals surface area (Å²) in [6, 6.07) is 3.59. The third-order valence-electron chi connectivity index (χ3n) is 5.98. The van der Waals surface area contributed by atoms with Crippen LogP contribution < -0.4 is 5.32 Å². The van der Waals surface area contributed by atoms with Crippen LogP contribution in [0.1, 0.15) is 70.4 Å². The average molecular weight is 412 g/mol. The lowest BCUT2D eigenvalue weighted by molar-refractivity contribution is -0.138. The van der Waals surface area contributed by atoms with Gasteiger partial charge in [-0.1, -0.05) is 33.8 Å². The second kappa shape index (κ2) is 9.63. The standard InChI is InChI=1S/C22H31F3N2O2/c1-5-14(3)20(28)26-19-13-17(22(23,24)25)7-8-18(19)16-9-11-27(12-10-16)21(29)15(4)6-2/h7-8,13-16H,5-6,9-12H2,1-4H3,(H,26,28)/t14-,15+/m1/s1. The molecule has 162 valence electrons. The molecule has 4 nitrogen and oxygen atoms in total. The van der Waals surface area contributed by atoms with Gasteiger partial charge in [0.25, 0.3) is 0 Å². The molecule has 1 aromatic carbocycles. The molecule has 0 unspecified atom stereocenters. The number of nitrogens with zero attached hydrogens (tertiary/aromatic N) is 1. The smallest absolute Gasteiger partial charge is 0.342 e. The summed E-state index contributed by atoms with van der Waals surface area (Å²) in [4.78, 5) is 26.6. The van der Waals surface area contributed by atoms with Gasteiger partial charge < -0.3 is 10.2 Å². The summed E-state index contributed by atoms with van der Waals surface area (Å²) >= 11 is 0. The molecule has 7 heteroatoms. The third kappa shape index (κ3) is 5.73. The Morgan fingerprint density at radius 3 is 2.21 bits per heavy atom.